The molecule has 0 aromatic carbocycles. The Bertz CT molecular complexity index is 339. The minimum atomic E-state index is 0.126. The lowest BCUT2D eigenvalue weighted by Gasteiger charge is -2.21. The van der Waals surface area contributed by atoms with Crippen LogP contribution in [0, 0.1) is 0 Å². The van der Waals surface area contributed by atoms with Gasteiger partial charge in [0.1, 0.15) is 18.0 Å². The van der Waals surface area contributed by atoms with Gasteiger partial charge in [-0.15, -0.1) is 0 Å². The standard InChI is InChI=1S/C12H23N5/c1-5-10(3)16-11-6-12(15-8-14-11)17(4)7-9(2)13/h6,8-10H,5,7,13H2,1-4H3,(H,14,15,16). The Kier molecular flexibility index (Phi) is 5.15. The zero-order chi connectivity index (χ0) is 12.8. The molecule has 96 valence electrons. The summed E-state index contributed by atoms with van der Waals surface area (Å²) >= 11 is 0. The van der Waals surface area contributed by atoms with Crippen LogP contribution in [0.5, 0.6) is 0 Å². The molecule has 1 heterocycles. The fraction of sp³-hybridized carbons (Fsp3) is 0.667. The number of hydrogen-bond donors (Lipinski definition) is 2. The highest BCUT2D eigenvalue weighted by molar-refractivity contribution is 5.48. The van der Waals surface area contributed by atoms with Crippen molar-refractivity contribution in [3.05, 3.63) is 12.4 Å². The first-order chi connectivity index (χ1) is 8.02. The summed E-state index contributed by atoms with van der Waals surface area (Å²) in [6, 6.07) is 2.49. The molecule has 17 heavy (non-hydrogen) atoms. The summed E-state index contributed by atoms with van der Waals surface area (Å²) in [6.07, 6.45) is 2.65. The first kappa shape index (κ1) is 13.7. The molecule has 5 nitrogen and oxygen atoms in total. The van der Waals surface area contributed by atoms with Gasteiger partial charge in [-0.25, -0.2) is 9.97 Å². The van der Waals surface area contributed by atoms with Crippen LogP contribution in [0.3, 0.4) is 0 Å². The van der Waals surface area contributed by atoms with E-state index in [1.807, 2.05) is 24.9 Å². The van der Waals surface area contributed by atoms with Gasteiger partial charge >= 0.3 is 0 Å². The van der Waals surface area contributed by atoms with Crippen molar-refractivity contribution in [3.8, 4) is 0 Å². The maximum absolute atomic E-state index is 5.77. The highest BCUT2D eigenvalue weighted by atomic mass is 15.2. The number of aromatic nitrogens is 2. The van der Waals surface area contributed by atoms with Crippen molar-refractivity contribution >= 4 is 11.6 Å². The second-order valence-electron chi connectivity index (χ2n) is 4.57. The summed E-state index contributed by atoms with van der Waals surface area (Å²) in [6.45, 7) is 7.03. The predicted molar refractivity (Wildman–Crippen MR) is 72.3 cm³/mol. The Morgan fingerprint density at radius 3 is 2.71 bits per heavy atom. The summed E-state index contributed by atoms with van der Waals surface area (Å²) in [5.74, 6) is 1.75. The summed E-state index contributed by atoms with van der Waals surface area (Å²) in [5, 5.41) is 3.33. The third-order valence-corrected chi connectivity index (χ3v) is 2.61. The van der Waals surface area contributed by atoms with Gasteiger partial charge in [-0.05, 0) is 20.3 Å². The number of rotatable bonds is 6. The Morgan fingerprint density at radius 1 is 1.41 bits per heavy atom. The second kappa shape index (κ2) is 6.39. The molecular weight excluding hydrogens is 214 g/mol. The van der Waals surface area contributed by atoms with E-state index in [1.54, 1.807) is 6.33 Å². The van der Waals surface area contributed by atoms with E-state index in [0.29, 0.717) is 6.04 Å². The van der Waals surface area contributed by atoms with Crippen LogP contribution >= 0.6 is 0 Å². The zero-order valence-electron chi connectivity index (χ0n) is 11.1. The van der Waals surface area contributed by atoms with E-state index in [-0.39, 0.29) is 6.04 Å². The van der Waals surface area contributed by atoms with Crippen molar-refractivity contribution in [1.29, 1.82) is 0 Å². The number of nitrogens with zero attached hydrogens (tertiary/aromatic N) is 3. The lowest BCUT2D eigenvalue weighted by molar-refractivity contribution is 0.710. The summed E-state index contributed by atoms with van der Waals surface area (Å²) in [5.41, 5.74) is 5.77. The smallest absolute Gasteiger partial charge is 0.133 e. The molecule has 0 aliphatic heterocycles. The zero-order valence-corrected chi connectivity index (χ0v) is 11.1. The minimum Gasteiger partial charge on any atom is -0.367 e. The Hall–Kier alpha value is -1.36. The van der Waals surface area contributed by atoms with Crippen LogP contribution < -0.4 is 16.0 Å². The molecule has 0 aliphatic carbocycles. The van der Waals surface area contributed by atoms with Crippen molar-refractivity contribution in [1.82, 2.24) is 9.97 Å². The third kappa shape index (κ3) is 4.56. The highest BCUT2D eigenvalue weighted by Crippen LogP contribution is 2.13. The van der Waals surface area contributed by atoms with Crippen molar-refractivity contribution in [3.63, 3.8) is 0 Å². The monoisotopic (exact) mass is 237 g/mol. The normalized spacial score (nSPS) is 14.2. The first-order valence-electron chi connectivity index (χ1n) is 6.08. The number of nitrogens with one attached hydrogen (secondary N) is 1. The number of likely N-dealkylation sites (N-methyl/N-ethyl adjacent to an activating group) is 1. The molecule has 0 spiro atoms. The minimum absolute atomic E-state index is 0.126. The maximum atomic E-state index is 5.77. The average Bonchev–Trinajstić information content (AvgIpc) is 2.28. The van der Waals surface area contributed by atoms with Crippen molar-refractivity contribution < 1.29 is 0 Å². The van der Waals surface area contributed by atoms with Gasteiger partial charge in [0.2, 0.25) is 0 Å². The largest absolute Gasteiger partial charge is 0.367 e. The molecule has 0 saturated heterocycles. The molecule has 1 aromatic heterocycles. The number of nitrogens with two attached hydrogens (primary N) is 1. The number of anilines is 2. The van der Waals surface area contributed by atoms with Gasteiger partial charge in [0.15, 0.2) is 0 Å². The van der Waals surface area contributed by atoms with Crippen molar-refractivity contribution in [2.24, 2.45) is 5.73 Å². The molecule has 0 saturated carbocycles. The molecular formula is C12H23N5. The van der Waals surface area contributed by atoms with Gasteiger partial charge in [-0.2, -0.15) is 0 Å². The summed E-state index contributed by atoms with van der Waals surface area (Å²) in [4.78, 5) is 10.5. The van der Waals surface area contributed by atoms with E-state index in [1.165, 1.54) is 0 Å². The van der Waals surface area contributed by atoms with Crippen molar-refractivity contribution in [2.45, 2.75) is 39.3 Å². The quantitative estimate of drug-likeness (QED) is 0.784. The first-order valence-corrected chi connectivity index (χ1v) is 6.08. The molecule has 5 heteroatoms. The Labute approximate surface area is 103 Å². The van der Waals surface area contributed by atoms with E-state index in [2.05, 4.69) is 29.1 Å². The summed E-state index contributed by atoms with van der Waals surface area (Å²) in [7, 11) is 1.98. The fourth-order valence-corrected chi connectivity index (χ4v) is 1.51. The van der Waals surface area contributed by atoms with Gasteiger partial charge in [0.05, 0.1) is 0 Å². The van der Waals surface area contributed by atoms with Crippen LogP contribution in [-0.4, -0.2) is 35.6 Å². The predicted octanol–water partition coefficient (Wildman–Crippen LogP) is 1.47. The second-order valence-corrected chi connectivity index (χ2v) is 4.57. The van der Waals surface area contributed by atoms with E-state index in [0.717, 1.165) is 24.6 Å². The molecule has 1 aromatic rings. The molecule has 0 amide bonds. The van der Waals surface area contributed by atoms with Crippen LogP contribution in [0.2, 0.25) is 0 Å². The average molecular weight is 237 g/mol. The van der Waals surface area contributed by atoms with Gasteiger partial charge in [-0.3, -0.25) is 0 Å². The topological polar surface area (TPSA) is 67.1 Å². The molecule has 0 aliphatic rings. The molecule has 3 N–H and O–H groups in total. The molecule has 0 fully saturated rings. The van der Waals surface area contributed by atoms with Gasteiger partial charge in [0, 0.05) is 31.7 Å². The third-order valence-electron chi connectivity index (χ3n) is 2.61. The van der Waals surface area contributed by atoms with Crippen LogP contribution in [0.1, 0.15) is 27.2 Å². The molecule has 2 unspecified atom stereocenters. The Balaban J connectivity index is 2.71. The van der Waals surface area contributed by atoms with Gasteiger partial charge in [-0.1, -0.05) is 6.92 Å². The summed E-state index contributed by atoms with van der Waals surface area (Å²) < 4.78 is 0. The van der Waals surface area contributed by atoms with Gasteiger partial charge in [0.25, 0.3) is 0 Å². The van der Waals surface area contributed by atoms with E-state index >= 15 is 0 Å². The molecule has 2 atom stereocenters. The Morgan fingerprint density at radius 2 is 2.12 bits per heavy atom. The van der Waals surface area contributed by atoms with E-state index < -0.39 is 0 Å². The van der Waals surface area contributed by atoms with Crippen molar-refractivity contribution in [2.75, 3.05) is 23.8 Å². The van der Waals surface area contributed by atoms with Crippen LogP contribution in [-0.2, 0) is 0 Å². The SMILES string of the molecule is CCC(C)Nc1cc(N(C)CC(C)N)ncn1. The lowest BCUT2D eigenvalue weighted by atomic mass is 10.2. The number of hydrogen-bond acceptors (Lipinski definition) is 5. The molecule has 0 bridgehead atoms. The molecule has 1 rings (SSSR count). The lowest BCUT2D eigenvalue weighted by Crippen LogP contribution is -2.33. The van der Waals surface area contributed by atoms with Crippen LogP contribution in [0.4, 0.5) is 11.6 Å². The van der Waals surface area contributed by atoms with Crippen LogP contribution in [0.15, 0.2) is 12.4 Å². The molecule has 0 radical (unpaired) electrons. The van der Waals surface area contributed by atoms with Gasteiger partial charge < -0.3 is 16.0 Å². The van der Waals surface area contributed by atoms with Crippen LogP contribution in [0.25, 0.3) is 0 Å². The maximum Gasteiger partial charge on any atom is 0.133 e. The van der Waals surface area contributed by atoms with E-state index in [4.69, 9.17) is 5.73 Å². The van der Waals surface area contributed by atoms with E-state index in [9.17, 15) is 0 Å². The fourth-order valence-electron chi connectivity index (χ4n) is 1.51. The highest BCUT2D eigenvalue weighted by Gasteiger charge is 2.07.